The Labute approximate surface area is 113 Å². The lowest BCUT2D eigenvalue weighted by Gasteiger charge is -2.19. The van der Waals surface area contributed by atoms with Crippen molar-refractivity contribution in [3.63, 3.8) is 0 Å². The van der Waals surface area contributed by atoms with Crippen LogP contribution in [-0.4, -0.2) is 21.5 Å². The number of ether oxygens (including phenoxy) is 1. The maximum atomic E-state index is 12.5. The van der Waals surface area contributed by atoms with Gasteiger partial charge in [0.05, 0.1) is 5.56 Å². The van der Waals surface area contributed by atoms with Gasteiger partial charge in [0.15, 0.2) is 0 Å². The zero-order valence-electron chi connectivity index (χ0n) is 11.1. The zero-order chi connectivity index (χ0) is 15.1. The van der Waals surface area contributed by atoms with Crippen LogP contribution in [0, 0.1) is 0 Å². The minimum atomic E-state index is -4.52. The van der Waals surface area contributed by atoms with E-state index < -0.39 is 23.4 Å². The van der Waals surface area contributed by atoms with Gasteiger partial charge >= 0.3 is 12.1 Å². The number of nitrogens with zero attached hydrogens (tertiary/aromatic N) is 1. The summed E-state index contributed by atoms with van der Waals surface area (Å²) >= 11 is 0. The topological polar surface area (TPSA) is 55.0 Å². The van der Waals surface area contributed by atoms with E-state index in [-0.39, 0.29) is 11.2 Å². The molecule has 0 radical (unpaired) electrons. The van der Waals surface area contributed by atoms with Crippen molar-refractivity contribution in [3.05, 3.63) is 29.6 Å². The lowest BCUT2D eigenvalue weighted by molar-refractivity contribution is -0.141. The van der Waals surface area contributed by atoms with Gasteiger partial charge < -0.3 is 9.72 Å². The second-order valence-electron chi connectivity index (χ2n) is 5.29. The number of H-pyrrole nitrogens is 1. The summed E-state index contributed by atoms with van der Waals surface area (Å²) in [5.41, 5.74) is -1.53. The van der Waals surface area contributed by atoms with E-state index in [1.807, 2.05) is 0 Å². The van der Waals surface area contributed by atoms with Crippen LogP contribution in [0.2, 0.25) is 0 Å². The van der Waals surface area contributed by atoms with Crippen LogP contribution < -0.4 is 0 Å². The number of aromatic amines is 1. The molecule has 4 nitrogen and oxygen atoms in total. The molecule has 0 fully saturated rings. The van der Waals surface area contributed by atoms with Crippen molar-refractivity contribution < 1.29 is 22.7 Å². The molecule has 0 saturated carbocycles. The Bertz CT molecular complexity index is 654. The lowest BCUT2D eigenvalue weighted by atomic mass is 10.1. The maximum Gasteiger partial charge on any atom is 0.433 e. The SMILES string of the molecule is CC(C)(C)OC(=O)c1c[nH]c2nc(C(F)(F)F)ccc12. The Balaban J connectivity index is 2.41. The Morgan fingerprint density at radius 2 is 1.90 bits per heavy atom. The Kier molecular flexibility index (Phi) is 3.23. The van der Waals surface area contributed by atoms with Crippen molar-refractivity contribution in [3.8, 4) is 0 Å². The fourth-order valence-corrected chi connectivity index (χ4v) is 1.66. The average Bonchev–Trinajstić information content (AvgIpc) is 2.67. The lowest BCUT2D eigenvalue weighted by Crippen LogP contribution is -2.23. The molecule has 1 N–H and O–H groups in total. The smallest absolute Gasteiger partial charge is 0.433 e. The zero-order valence-corrected chi connectivity index (χ0v) is 11.1. The van der Waals surface area contributed by atoms with E-state index in [0.717, 1.165) is 6.07 Å². The highest BCUT2D eigenvalue weighted by molar-refractivity contribution is 6.03. The molecule has 0 bridgehead atoms. The molecule has 0 saturated heterocycles. The van der Waals surface area contributed by atoms with Gasteiger partial charge in [-0.25, -0.2) is 9.78 Å². The van der Waals surface area contributed by atoms with Gasteiger partial charge in [0, 0.05) is 11.6 Å². The number of rotatable bonds is 1. The predicted molar refractivity (Wildman–Crippen MR) is 66.3 cm³/mol. The van der Waals surface area contributed by atoms with Gasteiger partial charge in [-0.2, -0.15) is 13.2 Å². The number of nitrogens with one attached hydrogen (secondary N) is 1. The Morgan fingerprint density at radius 3 is 2.45 bits per heavy atom. The number of hydrogen-bond acceptors (Lipinski definition) is 3. The molecule has 2 aromatic heterocycles. The van der Waals surface area contributed by atoms with Crippen LogP contribution in [0.15, 0.2) is 18.3 Å². The molecular weight excluding hydrogens is 273 g/mol. The molecule has 0 atom stereocenters. The number of carbonyl (C=O) groups excluding carboxylic acids is 1. The van der Waals surface area contributed by atoms with Crippen molar-refractivity contribution in [1.29, 1.82) is 0 Å². The highest BCUT2D eigenvalue weighted by atomic mass is 19.4. The van der Waals surface area contributed by atoms with Crippen LogP contribution >= 0.6 is 0 Å². The van der Waals surface area contributed by atoms with Crippen LogP contribution in [-0.2, 0) is 10.9 Å². The number of pyridine rings is 1. The van der Waals surface area contributed by atoms with Gasteiger partial charge in [-0.15, -0.1) is 0 Å². The molecule has 0 aliphatic heterocycles. The molecule has 0 amide bonds. The van der Waals surface area contributed by atoms with Gasteiger partial charge in [0.2, 0.25) is 0 Å². The molecule has 2 heterocycles. The van der Waals surface area contributed by atoms with E-state index in [1.165, 1.54) is 12.3 Å². The first-order valence-electron chi connectivity index (χ1n) is 5.86. The number of esters is 1. The first kappa shape index (κ1) is 14.4. The number of carbonyl (C=O) groups is 1. The van der Waals surface area contributed by atoms with Crippen LogP contribution in [0.5, 0.6) is 0 Å². The molecule has 0 aliphatic carbocycles. The highest BCUT2D eigenvalue weighted by Crippen LogP contribution is 2.29. The summed E-state index contributed by atoms with van der Waals surface area (Å²) in [7, 11) is 0. The van der Waals surface area contributed by atoms with E-state index >= 15 is 0 Å². The predicted octanol–water partition coefficient (Wildman–Crippen LogP) is 3.54. The molecular formula is C13H13F3N2O2. The number of alkyl halides is 3. The average molecular weight is 286 g/mol. The second-order valence-corrected chi connectivity index (χ2v) is 5.29. The minimum Gasteiger partial charge on any atom is -0.456 e. The Morgan fingerprint density at radius 1 is 1.25 bits per heavy atom. The van der Waals surface area contributed by atoms with Gasteiger partial charge in [-0.05, 0) is 32.9 Å². The molecule has 7 heteroatoms. The van der Waals surface area contributed by atoms with Crippen LogP contribution in [0.1, 0.15) is 36.8 Å². The monoisotopic (exact) mass is 286 g/mol. The molecule has 0 aliphatic rings. The molecule has 2 aromatic rings. The molecule has 108 valence electrons. The van der Waals surface area contributed by atoms with Gasteiger partial charge in [0.1, 0.15) is 16.9 Å². The van der Waals surface area contributed by atoms with Crippen molar-refractivity contribution in [2.24, 2.45) is 0 Å². The van der Waals surface area contributed by atoms with E-state index in [1.54, 1.807) is 20.8 Å². The highest BCUT2D eigenvalue weighted by Gasteiger charge is 2.33. The van der Waals surface area contributed by atoms with Crippen LogP contribution in [0.3, 0.4) is 0 Å². The van der Waals surface area contributed by atoms with Crippen LogP contribution in [0.25, 0.3) is 11.0 Å². The summed E-state index contributed by atoms with van der Waals surface area (Å²) in [5.74, 6) is -0.606. The van der Waals surface area contributed by atoms with Gasteiger partial charge in [0.25, 0.3) is 0 Å². The summed E-state index contributed by atoms with van der Waals surface area (Å²) < 4.78 is 42.8. The van der Waals surface area contributed by atoms with Gasteiger partial charge in [-0.1, -0.05) is 0 Å². The van der Waals surface area contributed by atoms with Crippen molar-refractivity contribution in [1.82, 2.24) is 9.97 Å². The van der Waals surface area contributed by atoms with Gasteiger partial charge in [-0.3, -0.25) is 0 Å². The first-order valence-corrected chi connectivity index (χ1v) is 5.86. The largest absolute Gasteiger partial charge is 0.456 e. The quantitative estimate of drug-likeness (QED) is 0.816. The fraction of sp³-hybridized carbons (Fsp3) is 0.385. The summed E-state index contributed by atoms with van der Waals surface area (Å²) in [6, 6.07) is 2.05. The number of fused-ring (bicyclic) bond motifs is 1. The van der Waals surface area contributed by atoms with Crippen LogP contribution in [0.4, 0.5) is 13.2 Å². The summed E-state index contributed by atoms with van der Waals surface area (Å²) in [5, 5.41) is 0.298. The third-order valence-corrected chi connectivity index (χ3v) is 2.45. The number of aromatic nitrogens is 2. The fourth-order valence-electron chi connectivity index (χ4n) is 1.66. The number of halogens is 3. The first-order chi connectivity index (χ1) is 9.08. The summed E-state index contributed by atoms with van der Waals surface area (Å²) in [6.45, 7) is 5.12. The standard InChI is InChI=1S/C13H13F3N2O2/c1-12(2,3)20-11(19)8-6-17-10-7(8)4-5-9(18-10)13(14,15)16/h4-6H,1-3H3,(H,17,18). The number of hydrogen-bond donors (Lipinski definition) is 1. The van der Waals surface area contributed by atoms with E-state index in [9.17, 15) is 18.0 Å². The van der Waals surface area contributed by atoms with Crippen molar-refractivity contribution >= 4 is 17.0 Å². The van der Waals surface area contributed by atoms with Crippen molar-refractivity contribution in [2.75, 3.05) is 0 Å². The molecule has 0 aromatic carbocycles. The summed E-state index contributed by atoms with van der Waals surface area (Å²) in [4.78, 5) is 17.9. The normalized spacial score (nSPS) is 12.7. The van der Waals surface area contributed by atoms with E-state index in [0.29, 0.717) is 5.39 Å². The van der Waals surface area contributed by atoms with E-state index in [2.05, 4.69) is 9.97 Å². The molecule has 0 unspecified atom stereocenters. The third-order valence-electron chi connectivity index (χ3n) is 2.45. The Hall–Kier alpha value is -2.05. The molecule has 20 heavy (non-hydrogen) atoms. The summed E-state index contributed by atoms with van der Waals surface area (Å²) in [6.07, 6.45) is -3.22. The minimum absolute atomic E-state index is 0.000634. The van der Waals surface area contributed by atoms with E-state index in [4.69, 9.17) is 4.74 Å². The maximum absolute atomic E-state index is 12.5. The third kappa shape index (κ3) is 2.92. The molecule has 0 spiro atoms. The molecule has 2 rings (SSSR count). The van der Waals surface area contributed by atoms with Crippen molar-refractivity contribution in [2.45, 2.75) is 32.5 Å². The second kappa shape index (κ2) is 4.50.